The maximum absolute atomic E-state index is 9.73. The average Bonchev–Trinajstić information content (AvgIpc) is 2.73. The lowest BCUT2D eigenvalue weighted by Crippen LogP contribution is -2.04. The molecule has 0 radical (unpaired) electrons. The van der Waals surface area contributed by atoms with Crippen molar-refractivity contribution in [1.29, 1.82) is 5.26 Å². The Morgan fingerprint density at radius 3 is 2.43 bits per heavy atom. The number of rotatable bonds is 4. The van der Waals surface area contributed by atoms with Gasteiger partial charge in [-0.05, 0) is 75.5 Å². The van der Waals surface area contributed by atoms with Crippen molar-refractivity contribution in [2.45, 2.75) is 39.5 Å². The molecule has 0 spiro atoms. The molecule has 0 fully saturated rings. The third-order valence-electron chi connectivity index (χ3n) is 5.92. The molecule has 0 saturated heterocycles. The van der Waals surface area contributed by atoms with Crippen LogP contribution in [-0.4, -0.2) is 0 Å². The van der Waals surface area contributed by atoms with Gasteiger partial charge in [0.2, 0.25) is 0 Å². The Morgan fingerprint density at radius 2 is 1.64 bits per heavy atom. The molecule has 1 heteroatoms. The van der Waals surface area contributed by atoms with Crippen LogP contribution >= 0.6 is 0 Å². The van der Waals surface area contributed by atoms with Gasteiger partial charge >= 0.3 is 0 Å². The highest BCUT2D eigenvalue weighted by Gasteiger charge is 2.17. The molecular formula is C27H25N. The van der Waals surface area contributed by atoms with Gasteiger partial charge in [0.15, 0.2) is 0 Å². The van der Waals surface area contributed by atoms with Crippen LogP contribution in [0.2, 0.25) is 0 Å². The minimum absolute atomic E-state index is 0.260. The van der Waals surface area contributed by atoms with E-state index in [-0.39, 0.29) is 5.92 Å². The lowest BCUT2D eigenvalue weighted by molar-refractivity contribution is 0.767. The number of nitriles is 1. The van der Waals surface area contributed by atoms with Crippen LogP contribution in [0, 0.1) is 18.3 Å². The quantitative estimate of drug-likeness (QED) is 0.380. The minimum Gasteiger partial charge on any atom is -0.192 e. The highest BCUT2D eigenvalue weighted by atomic mass is 14.3. The monoisotopic (exact) mass is 363 g/mol. The molecular weight excluding hydrogens is 338 g/mol. The normalized spacial score (nSPS) is 12.2. The summed E-state index contributed by atoms with van der Waals surface area (Å²) in [6, 6.07) is 26.0. The van der Waals surface area contributed by atoms with Gasteiger partial charge in [0.1, 0.15) is 0 Å². The predicted octanol–water partition coefficient (Wildman–Crippen LogP) is 7.08. The molecule has 1 unspecified atom stereocenters. The molecule has 0 aromatic heterocycles. The summed E-state index contributed by atoms with van der Waals surface area (Å²) in [6.45, 7) is 6.67. The molecule has 28 heavy (non-hydrogen) atoms. The van der Waals surface area contributed by atoms with Gasteiger partial charge in [-0.1, -0.05) is 74.5 Å². The van der Waals surface area contributed by atoms with E-state index >= 15 is 0 Å². The lowest BCUT2D eigenvalue weighted by Gasteiger charge is -2.19. The average molecular weight is 364 g/mol. The van der Waals surface area contributed by atoms with E-state index in [9.17, 15) is 5.26 Å². The standard InChI is InChI=1S/C27H25N/c1-4-20-13-12-18(2)26-22(9-7-11-24(20)26)16-19(3)27-23(17-28)15-14-21-8-5-6-10-25(21)27/h5-15,19H,4,16H2,1-3H3. The second-order valence-electron chi connectivity index (χ2n) is 7.70. The van der Waals surface area contributed by atoms with E-state index in [1.807, 2.05) is 6.07 Å². The second-order valence-corrected chi connectivity index (χ2v) is 7.70. The first kappa shape index (κ1) is 18.3. The van der Waals surface area contributed by atoms with Gasteiger partial charge < -0.3 is 0 Å². The Hall–Kier alpha value is -3.11. The van der Waals surface area contributed by atoms with E-state index < -0.39 is 0 Å². The van der Waals surface area contributed by atoms with Crippen molar-refractivity contribution >= 4 is 21.5 Å². The molecule has 0 saturated carbocycles. The topological polar surface area (TPSA) is 23.8 Å². The Balaban J connectivity index is 1.86. The van der Waals surface area contributed by atoms with Gasteiger partial charge in [0.05, 0.1) is 11.6 Å². The van der Waals surface area contributed by atoms with Crippen LogP contribution in [0.4, 0.5) is 0 Å². The largest absolute Gasteiger partial charge is 0.192 e. The van der Waals surface area contributed by atoms with Crippen molar-refractivity contribution in [2.75, 3.05) is 0 Å². The van der Waals surface area contributed by atoms with Gasteiger partial charge in [-0.3, -0.25) is 0 Å². The maximum atomic E-state index is 9.73. The highest BCUT2D eigenvalue weighted by Crippen LogP contribution is 2.34. The summed E-state index contributed by atoms with van der Waals surface area (Å²) >= 11 is 0. The van der Waals surface area contributed by atoms with Crippen molar-refractivity contribution in [3.05, 3.63) is 94.5 Å². The van der Waals surface area contributed by atoms with Crippen molar-refractivity contribution < 1.29 is 0 Å². The Morgan fingerprint density at radius 1 is 0.857 bits per heavy atom. The zero-order valence-electron chi connectivity index (χ0n) is 16.8. The molecule has 4 aromatic rings. The summed E-state index contributed by atoms with van der Waals surface area (Å²) in [6.07, 6.45) is 1.96. The third-order valence-corrected chi connectivity index (χ3v) is 5.92. The molecule has 0 bridgehead atoms. The third kappa shape index (κ3) is 3.06. The van der Waals surface area contributed by atoms with Crippen molar-refractivity contribution in [2.24, 2.45) is 0 Å². The van der Waals surface area contributed by atoms with E-state index in [0.717, 1.165) is 18.4 Å². The Bertz CT molecular complexity index is 1210. The number of fused-ring (bicyclic) bond motifs is 2. The van der Waals surface area contributed by atoms with Crippen LogP contribution in [0.25, 0.3) is 21.5 Å². The molecule has 0 aliphatic rings. The molecule has 0 heterocycles. The van der Waals surface area contributed by atoms with Crippen molar-refractivity contribution in [1.82, 2.24) is 0 Å². The molecule has 0 amide bonds. The zero-order valence-corrected chi connectivity index (χ0v) is 16.8. The van der Waals surface area contributed by atoms with Crippen LogP contribution in [0.3, 0.4) is 0 Å². The van der Waals surface area contributed by atoms with E-state index in [4.69, 9.17) is 0 Å². The summed E-state index contributed by atoms with van der Waals surface area (Å²) in [4.78, 5) is 0. The predicted molar refractivity (Wildman–Crippen MR) is 119 cm³/mol. The van der Waals surface area contributed by atoms with Crippen LogP contribution < -0.4 is 0 Å². The molecule has 4 aromatic carbocycles. The molecule has 138 valence electrons. The Kier molecular flexibility index (Phi) is 4.88. The summed E-state index contributed by atoms with van der Waals surface area (Å²) in [5.74, 6) is 0.260. The molecule has 1 nitrogen and oxygen atoms in total. The lowest BCUT2D eigenvalue weighted by atomic mass is 9.84. The number of hydrogen-bond donors (Lipinski definition) is 0. The molecule has 0 N–H and O–H groups in total. The fourth-order valence-corrected chi connectivity index (χ4v) is 4.57. The zero-order chi connectivity index (χ0) is 19.7. The van der Waals surface area contributed by atoms with Crippen molar-refractivity contribution in [3.8, 4) is 6.07 Å². The number of benzene rings is 4. The number of nitrogens with zero attached hydrogens (tertiary/aromatic N) is 1. The first-order valence-electron chi connectivity index (χ1n) is 10.1. The fraction of sp³-hybridized carbons (Fsp3) is 0.222. The van der Waals surface area contributed by atoms with E-state index in [1.165, 1.54) is 43.8 Å². The van der Waals surface area contributed by atoms with Gasteiger partial charge in [-0.25, -0.2) is 0 Å². The number of hydrogen-bond acceptors (Lipinski definition) is 1. The highest BCUT2D eigenvalue weighted by molar-refractivity contribution is 5.92. The van der Waals surface area contributed by atoms with Crippen LogP contribution in [0.15, 0.2) is 66.7 Å². The van der Waals surface area contributed by atoms with Crippen LogP contribution in [0.1, 0.15) is 47.6 Å². The van der Waals surface area contributed by atoms with E-state index in [2.05, 4.69) is 87.5 Å². The second kappa shape index (κ2) is 7.49. The first-order chi connectivity index (χ1) is 13.6. The molecule has 1 atom stereocenters. The number of aryl methyl sites for hydroxylation is 2. The van der Waals surface area contributed by atoms with Crippen LogP contribution in [0.5, 0.6) is 0 Å². The van der Waals surface area contributed by atoms with Gasteiger partial charge in [-0.2, -0.15) is 5.26 Å². The van der Waals surface area contributed by atoms with E-state index in [0.29, 0.717) is 0 Å². The van der Waals surface area contributed by atoms with Gasteiger partial charge in [0, 0.05) is 0 Å². The van der Waals surface area contributed by atoms with Gasteiger partial charge in [0.25, 0.3) is 0 Å². The van der Waals surface area contributed by atoms with Gasteiger partial charge in [-0.15, -0.1) is 0 Å². The fourth-order valence-electron chi connectivity index (χ4n) is 4.57. The molecule has 0 aliphatic carbocycles. The summed E-state index contributed by atoms with van der Waals surface area (Å²) < 4.78 is 0. The minimum atomic E-state index is 0.260. The SMILES string of the molecule is CCc1ccc(C)c2c(CC(C)c3c(C#N)ccc4ccccc34)cccc12. The maximum Gasteiger partial charge on any atom is 0.0994 e. The smallest absolute Gasteiger partial charge is 0.0994 e. The Labute approximate surface area is 167 Å². The summed E-state index contributed by atoms with van der Waals surface area (Å²) in [7, 11) is 0. The van der Waals surface area contributed by atoms with Crippen LogP contribution in [-0.2, 0) is 12.8 Å². The van der Waals surface area contributed by atoms with E-state index in [1.54, 1.807) is 0 Å². The summed E-state index contributed by atoms with van der Waals surface area (Å²) in [5.41, 5.74) is 6.06. The summed E-state index contributed by atoms with van der Waals surface area (Å²) in [5, 5.41) is 14.9. The molecule has 0 aliphatic heterocycles. The first-order valence-corrected chi connectivity index (χ1v) is 10.1. The van der Waals surface area contributed by atoms with Crippen molar-refractivity contribution in [3.63, 3.8) is 0 Å². The molecule has 4 rings (SSSR count).